The van der Waals surface area contributed by atoms with Gasteiger partial charge in [-0.05, 0) is 52.0 Å². The minimum absolute atomic E-state index is 0.0209. The minimum atomic E-state index is -0.290. The van der Waals surface area contributed by atoms with E-state index >= 15 is 0 Å². The molecule has 0 aromatic rings. The van der Waals surface area contributed by atoms with E-state index in [1.807, 2.05) is 19.9 Å². The molecule has 0 bridgehead atoms. The molecule has 0 radical (unpaired) electrons. The average Bonchev–Trinajstić information content (AvgIpc) is 2.69. The first-order valence-electron chi connectivity index (χ1n) is 10.6. The summed E-state index contributed by atoms with van der Waals surface area (Å²) in [5, 5.41) is 12.4. The van der Waals surface area contributed by atoms with E-state index in [1.54, 1.807) is 6.08 Å². The highest BCUT2D eigenvalue weighted by Crippen LogP contribution is 2.32. The summed E-state index contributed by atoms with van der Waals surface area (Å²) < 4.78 is 17.5. The maximum atomic E-state index is 11.7. The number of ether oxygens (including phenoxy) is 3. The number of hydrogen-bond donors (Lipinski definition) is 2. The number of aliphatic hydroxyl groups is 1. The van der Waals surface area contributed by atoms with Gasteiger partial charge in [-0.2, -0.15) is 0 Å². The van der Waals surface area contributed by atoms with Crippen LogP contribution in [0.15, 0.2) is 36.0 Å². The molecule has 2 heterocycles. The zero-order chi connectivity index (χ0) is 21.3. The van der Waals surface area contributed by atoms with E-state index in [-0.39, 0.29) is 42.5 Å². The van der Waals surface area contributed by atoms with Crippen LogP contribution in [0, 0.1) is 5.92 Å². The predicted molar refractivity (Wildman–Crippen MR) is 113 cm³/mol. The van der Waals surface area contributed by atoms with E-state index in [4.69, 9.17) is 14.2 Å². The quantitative estimate of drug-likeness (QED) is 0.477. The monoisotopic (exact) mass is 407 g/mol. The molecule has 0 aliphatic carbocycles. The lowest BCUT2D eigenvalue weighted by Gasteiger charge is -2.39. The Morgan fingerprint density at radius 3 is 2.62 bits per heavy atom. The Labute approximate surface area is 175 Å². The lowest BCUT2D eigenvalue weighted by Crippen LogP contribution is -2.46. The first-order chi connectivity index (χ1) is 13.8. The molecule has 164 valence electrons. The molecule has 2 rings (SSSR count). The van der Waals surface area contributed by atoms with Gasteiger partial charge in [-0.1, -0.05) is 36.8 Å². The van der Waals surface area contributed by atoms with Crippen LogP contribution < -0.4 is 5.32 Å². The van der Waals surface area contributed by atoms with Crippen molar-refractivity contribution in [3.63, 3.8) is 0 Å². The Bertz CT molecular complexity index is 602. The number of carbonyl (C=O) groups is 1. The van der Waals surface area contributed by atoms with E-state index in [9.17, 15) is 9.90 Å². The molecule has 0 aromatic carbocycles. The molecule has 2 atom stereocenters. The Morgan fingerprint density at radius 2 is 1.97 bits per heavy atom. The van der Waals surface area contributed by atoms with Crippen LogP contribution >= 0.6 is 0 Å². The standard InChI is InChI=1S/C23H37NO5/c1-5-6-7-21(26)24-19-15-27-22(28-16-19)11-9-17(2)8-10-20-12-18(14-25)13-23(3,4)29-20/h6-10,18-20,22,25H,5,11-16H2,1-4H3,(H,24,26)/b7-6-,10-8+,17-9+. The highest BCUT2D eigenvalue weighted by molar-refractivity contribution is 5.87. The fourth-order valence-electron chi connectivity index (χ4n) is 3.72. The summed E-state index contributed by atoms with van der Waals surface area (Å²) in [5.41, 5.74) is 0.908. The fourth-order valence-corrected chi connectivity index (χ4v) is 3.72. The first kappa shape index (κ1) is 23.8. The van der Waals surface area contributed by atoms with Crippen molar-refractivity contribution in [3.05, 3.63) is 36.0 Å². The fraction of sp³-hybridized carbons (Fsp3) is 0.696. The van der Waals surface area contributed by atoms with Crippen LogP contribution in [0.4, 0.5) is 0 Å². The third kappa shape index (κ3) is 8.83. The number of nitrogens with one attached hydrogen (secondary N) is 1. The molecule has 2 aliphatic heterocycles. The molecule has 0 saturated carbocycles. The van der Waals surface area contributed by atoms with Gasteiger partial charge >= 0.3 is 0 Å². The second-order valence-electron chi connectivity index (χ2n) is 8.56. The topological polar surface area (TPSA) is 77.0 Å². The van der Waals surface area contributed by atoms with E-state index in [2.05, 4.69) is 37.4 Å². The average molecular weight is 408 g/mol. The van der Waals surface area contributed by atoms with Crippen molar-refractivity contribution in [2.24, 2.45) is 5.92 Å². The number of amides is 1. The van der Waals surface area contributed by atoms with Gasteiger partial charge in [0.05, 0.1) is 31.0 Å². The van der Waals surface area contributed by atoms with E-state index in [1.165, 1.54) is 0 Å². The first-order valence-corrected chi connectivity index (χ1v) is 10.6. The largest absolute Gasteiger partial charge is 0.396 e. The molecule has 2 saturated heterocycles. The summed E-state index contributed by atoms with van der Waals surface area (Å²) in [6, 6.07) is -0.114. The maximum Gasteiger partial charge on any atom is 0.244 e. The zero-order valence-corrected chi connectivity index (χ0v) is 18.2. The molecule has 29 heavy (non-hydrogen) atoms. The Kier molecular flexibility index (Phi) is 9.56. The highest BCUT2D eigenvalue weighted by Gasteiger charge is 2.33. The van der Waals surface area contributed by atoms with Gasteiger partial charge in [0.15, 0.2) is 6.29 Å². The number of rotatable bonds is 8. The maximum absolute atomic E-state index is 11.7. The second-order valence-corrected chi connectivity index (χ2v) is 8.56. The molecular weight excluding hydrogens is 370 g/mol. The van der Waals surface area contributed by atoms with Gasteiger partial charge in [-0.15, -0.1) is 0 Å². The molecular formula is C23H37NO5. The molecule has 6 heteroatoms. The van der Waals surface area contributed by atoms with Crippen LogP contribution in [0.5, 0.6) is 0 Å². The SMILES string of the molecule is CC/C=C\C(=O)NC1COC(C/C=C(C)/C=C/C2CC(CO)CC(C)(C)O2)OC1. The van der Waals surface area contributed by atoms with Crippen molar-refractivity contribution in [1.29, 1.82) is 0 Å². The summed E-state index contributed by atoms with van der Waals surface area (Å²) in [4.78, 5) is 11.7. The molecule has 0 spiro atoms. The lowest BCUT2D eigenvalue weighted by atomic mass is 9.86. The molecule has 6 nitrogen and oxygen atoms in total. The Hall–Kier alpha value is -1.47. The Balaban J connectivity index is 1.74. The Morgan fingerprint density at radius 1 is 1.24 bits per heavy atom. The molecule has 2 aliphatic rings. The van der Waals surface area contributed by atoms with Gasteiger partial charge in [-0.3, -0.25) is 4.79 Å². The van der Waals surface area contributed by atoms with Crippen LogP contribution in [-0.2, 0) is 19.0 Å². The van der Waals surface area contributed by atoms with Crippen molar-refractivity contribution in [2.45, 2.75) is 77.4 Å². The summed E-state index contributed by atoms with van der Waals surface area (Å²) in [7, 11) is 0. The predicted octanol–water partition coefficient (Wildman–Crippen LogP) is 3.27. The van der Waals surface area contributed by atoms with Gasteiger partial charge in [0.25, 0.3) is 0 Å². The van der Waals surface area contributed by atoms with Crippen molar-refractivity contribution in [2.75, 3.05) is 19.8 Å². The van der Waals surface area contributed by atoms with E-state index in [0.29, 0.717) is 19.6 Å². The van der Waals surface area contributed by atoms with Crippen LogP contribution in [0.3, 0.4) is 0 Å². The van der Waals surface area contributed by atoms with Crippen molar-refractivity contribution in [1.82, 2.24) is 5.32 Å². The van der Waals surface area contributed by atoms with Crippen molar-refractivity contribution < 1.29 is 24.1 Å². The number of hydrogen-bond acceptors (Lipinski definition) is 5. The third-order valence-corrected chi connectivity index (χ3v) is 5.10. The van der Waals surface area contributed by atoms with Gasteiger partial charge in [-0.25, -0.2) is 0 Å². The highest BCUT2D eigenvalue weighted by atomic mass is 16.7. The van der Waals surface area contributed by atoms with E-state index < -0.39 is 0 Å². The molecule has 0 aromatic heterocycles. The van der Waals surface area contributed by atoms with Gasteiger partial charge in [0, 0.05) is 13.0 Å². The van der Waals surface area contributed by atoms with Gasteiger partial charge in [0.1, 0.15) is 0 Å². The lowest BCUT2D eigenvalue weighted by molar-refractivity contribution is -0.187. The van der Waals surface area contributed by atoms with Gasteiger partial charge < -0.3 is 24.6 Å². The summed E-state index contributed by atoms with van der Waals surface area (Å²) in [6.45, 7) is 9.29. The summed E-state index contributed by atoms with van der Waals surface area (Å²) in [6.07, 6.45) is 12.5. The number of aliphatic hydroxyl groups excluding tert-OH is 1. The van der Waals surface area contributed by atoms with Crippen molar-refractivity contribution >= 4 is 5.91 Å². The normalized spacial score (nSPS) is 30.7. The van der Waals surface area contributed by atoms with Gasteiger partial charge in [0.2, 0.25) is 5.91 Å². The van der Waals surface area contributed by atoms with E-state index in [0.717, 1.165) is 24.8 Å². The molecule has 2 fully saturated rings. The van der Waals surface area contributed by atoms with Crippen LogP contribution in [0.2, 0.25) is 0 Å². The zero-order valence-electron chi connectivity index (χ0n) is 18.2. The van der Waals surface area contributed by atoms with Crippen molar-refractivity contribution in [3.8, 4) is 0 Å². The molecule has 2 unspecified atom stereocenters. The smallest absolute Gasteiger partial charge is 0.244 e. The summed E-state index contributed by atoms with van der Waals surface area (Å²) in [5.74, 6) is 0.174. The van der Waals surface area contributed by atoms with Crippen LogP contribution in [0.25, 0.3) is 0 Å². The molecule has 2 N–H and O–H groups in total. The molecule has 1 amide bonds. The number of allylic oxidation sites excluding steroid dienone is 3. The second kappa shape index (κ2) is 11.6. The van der Waals surface area contributed by atoms with Crippen LogP contribution in [0.1, 0.15) is 53.4 Å². The number of carbonyl (C=O) groups excluding carboxylic acids is 1. The summed E-state index contributed by atoms with van der Waals surface area (Å²) >= 11 is 0. The van der Waals surface area contributed by atoms with Crippen LogP contribution in [-0.4, -0.2) is 54.9 Å². The third-order valence-electron chi connectivity index (χ3n) is 5.10. The minimum Gasteiger partial charge on any atom is -0.396 e.